The molecular formula is C21H18F3N3O4S. The van der Waals surface area contributed by atoms with Gasteiger partial charge in [0.2, 0.25) is 0 Å². The van der Waals surface area contributed by atoms with Crippen LogP contribution >= 0.6 is 0 Å². The van der Waals surface area contributed by atoms with Gasteiger partial charge in [0.05, 0.1) is 22.0 Å². The molecular weight excluding hydrogens is 447 g/mol. The standard InChI is InChI=1S/C19H17N3O2S.C2HF3O2/c20-13-15-5-7-17(8-6-15)25(23,24)22-12-9-18-16(3-1-4-19(18)22)14-21-10-2-11-21;3-2(4,5)1(6)7/h1,3-9,12H,2,10-11,14H2;(H,6,7). The van der Waals surface area contributed by atoms with Crippen molar-refractivity contribution in [1.82, 2.24) is 8.87 Å². The maximum Gasteiger partial charge on any atom is 0.490 e. The summed E-state index contributed by atoms with van der Waals surface area (Å²) >= 11 is 0. The molecule has 4 rings (SSSR count). The van der Waals surface area contributed by atoms with Gasteiger partial charge < -0.3 is 5.11 Å². The highest BCUT2D eigenvalue weighted by atomic mass is 32.2. The lowest BCUT2D eigenvalue weighted by Gasteiger charge is -2.30. The van der Waals surface area contributed by atoms with Crippen molar-refractivity contribution < 1.29 is 31.5 Å². The zero-order valence-electron chi connectivity index (χ0n) is 16.6. The Labute approximate surface area is 182 Å². The van der Waals surface area contributed by atoms with Crippen molar-refractivity contribution >= 4 is 26.9 Å². The number of nitriles is 1. The number of carbonyl (C=O) groups is 1. The van der Waals surface area contributed by atoms with Crippen LogP contribution in [0.2, 0.25) is 0 Å². The lowest BCUT2D eigenvalue weighted by molar-refractivity contribution is -0.192. The molecule has 7 nitrogen and oxygen atoms in total. The molecule has 11 heteroatoms. The summed E-state index contributed by atoms with van der Waals surface area (Å²) in [5, 5.41) is 17.0. The summed E-state index contributed by atoms with van der Waals surface area (Å²) in [5.41, 5.74) is 2.27. The Morgan fingerprint density at radius 3 is 2.22 bits per heavy atom. The molecule has 0 atom stereocenters. The third-order valence-electron chi connectivity index (χ3n) is 4.91. The van der Waals surface area contributed by atoms with Gasteiger partial charge in [-0.15, -0.1) is 0 Å². The molecule has 0 unspecified atom stereocenters. The van der Waals surface area contributed by atoms with Crippen molar-refractivity contribution in [3.8, 4) is 6.07 Å². The number of aromatic nitrogens is 1. The monoisotopic (exact) mass is 465 g/mol. The van der Waals surface area contributed by atoms with E-state index in [0.717, 1.165) is 30.6 Å². The van der Waals surface area contributed by atoms with E-state index in [0.29, 0.717) is 11.1 Å². The van der Waals surface area contributed by atoms with E-state index < -0.39 is 22.2 Å². The average molecular weight is 465 g/mol. The SMILES string of the molecule is N#Cc1ccc(S(=O)(=O)n2ccc3c(CN4CCC4)cccc32)cc1.O=C(O)C(F)(F)F. The van der Waals surface area contributed by atoms with Gasteiger partial charge in [-0.1, -0.05) is 12.1 Å². The number of halogens is 3. The summed E-state index contributed by atoms with van der Waals surface area (Å²) in [6, 6.07) is 15.7. The third kappa shape index (κ3) is 4.92. The van der Waals surface area contributed by atoms with E-state index >= 15 is 0 Å². The van der Waals surface area contributed by atoms with Crippen LogP contribution in [0.4, 0.5) is 13.2 Å². The topological polar surface area (TPSA) is 103 Å². The molecule has 32 heavy (non-hydrogen) atoms. The van der Waals surface area contributed by atoms with E-state index in [1.807, 2.05) is 24.3 Å². The highest BCUT2D eigenvalue weighted by molar-refractivity contribution is 7.90. The largest absolute Gasteiger partial charge is 0.490 e. The van der Waals surface area contributed by atoms with Gasteiger partial charge in [-0.25, -0.2) is 17.2 Å². The second-order valence-corrected chi connectivity index (χ2v) is 8.85. The first-order chi connectivity index (χ1) is 15.0. The van der Waals surface area contributed by atoms with E-state index in [1.54, 1.807) is 6.20 Å². The summed E-state index contributed by atoms with van der Waals surface area (Å²) in [6.07, 6.45) is -2.25. The quantitative estimate of drug-likeness (QED) is 0.632. The minimum absolute atomic E-state index is 0.178. The molecule has 1 aliphatic rings. The number of hydrogen-bond acceptors (Lipinski definition) is 5. The molecule has 0 radical (unpaired) electrons. The van der Waals surface area contributed by atoms with Crippen LogP contribution < -0.4 is 0 Å². The van der Waals surface area contributed by atoms with E-state index in [2.05, 4.69) is 11.0 Å². The van der Waals surface area contributed by atoms with E-state index in [-0.39, 0.29) is 4.90 Å². The molecule has 1 fully saturated rings. The minimum Gasteiger partial charge on any atom is -0.475 e. The molecule has 2 heterocycles. The van der Waals surface area contributed by atoms with Crippen molar-refractivity contribution in [3.63, 3.8) is 0 Å². The molecule has 0 saturated carbocycles. The summed E-state index contributed by atoms with van der Waals surface area (Å²) in [7, 11) is -3.69. The summed E-state index contributed by atoms with van der Waals surface area (Å²) in [4.78, 5) is 11.4. The predicted octanol–water partition coefficient (Wildman–Crippen LogP) is 3.59. The van der Waals surface area contributed by atoms with Gasteiger partial charge in [0.1, 0.15) is 0 Å². The molecule has 168 valence electrons. The Morgan fingerprint density at radius 2 is 1.72 bits per heavy atom. The molecule has 0 bridgehead atoms. The maximum atomic E-state index is 13.0. The Kier molecular flexibility index (Phi) is 6.57. The van der Waals surface area contributed by atoms with Crippen LogP contribution in [-0.4, -0.2) is 47.6 Å². The highest BCUT2D eigenvalue weighted by Crippen LogP contribution is 2.26. The number of hydrogen-bond donors (Lipinski definition) is 1. The van der Waals surface area contributed by atoms with Crippen LogP contribution in [0.5, 0.6) is 0 Å². The normalized spacial score (nSPS) is 14.2. The van der Waals surface area contributed by atoms with Crippen LogP contribution in [-0.2, 0) is 21.4 Å². The Balaban J connectivity index is 0.000000360. The number of alkyl halides is 3. The number of benzene rings is 2. The second kappa shape index (κ2) is 9.02. The number of likely N-dealkylation sites (tertiary alicyclic amines) is 1. The maximum absolute atomic E-state index is 13.0. The fraction of sp³-hybridized carbons (Fsp3) is 0.238. The van der Waals surface area contributed by atoms with Crippen molar-refractivity contribution in [1.29, 1.82) is 5.26 Å². The van der Waals surface area contributed by atoms with Gasteiger partial charge in [-0.05, 0) is 61.5 Å². The van der Waals surface area contributed by atoms with E-state index in [1.165, 1.54) is 34.7 Å². The first-order valence-electron chi connectivity index (χ1n) is 9.41. The lowest BCUT2D eigenvalue weighted by atomic mass is 10.1. The van der Waals surface area contributed by atoms with Crippen molar-refractivity contribution in [2.75, 3.05) is 13.1 Å². The predicted molar refractivity (Wildman–Crippen MR) is 109 cm³/mol. The molecule has 1 aromatic heterocycles. The Bertz CT molecular complexity index is 1270. The lowest BCUT2D eigenvalue weighted by Crippen LogP contribution is -2.36. The molecule has 1 aliphatic heterocycles. The molecule has 2 aromatic carbocycles. The fourth-order valence-electron chi connectivity index (χ4n) is 3.15. The van der Waals surface area contributed by atoms with Gasteiger partial charge in [-0.3, -0.25) is 4.90 Å². The molecule has 0 aliphatic carbocycles. The summed E-state index contributed by atoms with van der Waals surface area (Å²) in [5.74, 6) is -2.76. The smallest absolute Gasteiger partial charge is 0.475 e. The molecule has 0 spiro atoms. The number of carboxylic acid groups (broad SMARTS) is 1. The summed E-state index contributed by atoms with van der Waals surface area (Å²) < 4.78 is 59.0. The number of aliphatic carboxylic acids is 1. The minimum atomic E-state index is -5.08. The van der Waals surface area contributed by atoms with Crippen molar-refractivity contribution in [3.05, 3.63) is 65.9 Å². The van der Waals surface area contributed by atoms with Crippen molar-refractivity contribution in [2.24, 2.45) is 0 Å². The van der Waals surface area contributed by atoms with Gasteiger partial charge in [-0.2, -0.15) is 18.4 Å². The number of carboxylic acids is 1. The first kappa shape index (κ1) is 23.3. The Morgan fingerprint density at radius 1 is 1.09 bits per heavy atom. The number of rotatable bonds is 4. The first-order valence-corrected chi connectivity index (χ1v) is 10.8. The van der Waals surface area contributed by atoms with Gasteiger partial charge in [0.25, 0.3) is 10.0 Å². The third-order valence-corrected chi connectivity index (χ3v) is 6.62. The zero-order chi connectivity index (χ0) is 23.5. The average Bonchev–Trinajstić information content (AvgIpc) is 3.16. The zero-order valence-corrected chi connectivity index (χ0v) is 17.4. The van der Waals surface area contributed by atoms with Crippen LogP contribution in [0.3, 0.4) is 0 Å². The molecule has 1 saturated heterocycles. The Hall–Kier alpha value is -3.36. The highest BCUT2D eigenvalue weighted by Gasteiger charge is 2.38. The van der Waals surface area contributed by atoms with Crippen LogP contribution in [0.25, 0.3) is 10.9 Å². The van der Waals surface area contributed by atoms with E-state index in [9.17, 15) is 21.6 Å². The van der Waals surface area contributed by atoms with Crippen LogP contribution in [0, 0.1) is 11.3 Å². The molecule has 3 aromatic rings. The summed E-state index contributed by atoms with van der Waals surface area (Å²) in [6.45, 7) is 3.04. The van der Waals surface area contributed by atoms with Gasteiger partial charge >= 0.3 is 12.1 Å². The van der Waals surface area contributed by atoms with Gasteiger partial charge in [0.15, 0.2) is 0 Å². The number of fused-ring (bicyclic) bond motifs is 1. The molecule has 1 N–H and O–H groups in total. The van der Waals surface area contributed by atoms with Gasteiger partial charge in [0, 0.05) is 18.1 Å². The van der Waals surface area contributed by atoms with Crippen LogP contribution in [0.15, 0.2) is 59.6 Å². The second-order valence-electron chi connectivity index (χ2n) is 7.04. The number of nitrogens with zero attached hydrogens (tertiary/aromatic N) is 3. The van der Waals surface area contributed by atoms with Crippen molar-refractivity contribution in [2.45, 2.75) is 24.0 Å². The molecule has 0 amide bonds. The van der Waals surface area contributed by atoms with E-state index in [4.69, 9.17) is 15.2 Å². The fourth-order valence-corrected chi connectivity index (χ4v) is 4.50. The van der Waals surface area contributed by atoms with Crippen LogP contribution in [0.1, 0.15) is 17.5 Å².